The van der Waals surface area contributed by atoms with Crippen molar-refractivity contribution in [3.05, 3.63) is 59.2 Å². The van der Waals surface area contributed by atoms with Gasteiger partial charge in [-0.05, 0) is 61.2 Å². The van der Waals surface area contributed by atoms with Gasteiger partial charge in [0.05, 0.1) is 5.56 Å². The van der Waals surface area contributed by atoms with Crippen molar-refractivity contribution in [3.63, 3.8) is 0 Å². The maximum absolute atomic E-state index is 12.7. The molecular formula is C24H25F3N2O4. The Labute approximate surface area is 189 Å². The van der Waals surface area contributed by atoms with Gasteiger partial charge < -0.3 is 19.7 Å². The first-order valence-corrected chi connectivity index (χ1v) is 10.9. The van der Waals surface area contributed by atoms with Crippen molar-refractivity contribution in [2.45, 2.75) is 25.4 Å². The molecule has 33 heavy (non-hydrogen) atoms. The molecule has 4 rings (SSSR count). The third-order valence-corrected chi connectivity index (χ3v) is 5.93. The summed E-state index contributed by atoms with van der Waals surface area (Å²) in [6.45, 7) is 2.33. The van der Waals surface area contributed by atoms with Gasteiger partial charge in [-0.2, -0.15) is 13.2 Å². The number of ether oxygens (including phenoxy) is 2. The summed E-state index contributed by atoms with van der Waals surface area (Å²) in [5.74, 6) is 0.888. The lowest BCUT2D eigenvalue weighted by molar-refractivity contribution is -0.137. The number of halogens is 3. The van der Waals surface area contributed by atoms with Gasteiger partial charge in [0.15, 0.2) is 11.5 Å². The summed E-state index contributed by atoms with van der Waals surface area (Å²) < 4.78 is 49.2. The molecule has 1 fully saturated rings. The van der Waals surface area contributed by atoms with E-state index in [0.717, 1.165) is 29.2 Å². The van der Waals surface area contributed by atoms with E-state index in [0.29, 0.717) is 52.1 Å². The first-order chi connectivity index (χ1) is 15.8. The van der Waals surface area contributed by atoms with E-state index in [1.165, 1.54) is 12.1 Å². The van der Waals surface area contributed by atoms with Crippen LogP contribution in [0.15, 0.2) is 42.5 Å². The van der Waals surface area contributed by atoms with Crippen molar-refractivity contribution in [1.82, 2.24) is 10.2 Å². The van der Waals surface area contributed by atoms with Gasteiger partial charge in [-0.25, -0.2) is 0 Å². The molecule has 0 aromatic heterocycles. The average molecular weight is 462 g/mol. The number of fused-ring (bicyclic) bond motifs is 1. The number of piperidine rings is 1. The highest BCUT2D eigenvalue weighted by Gasteiger charge is 2.31. The van der Waals surface area contributed by atoms with Crippen molar-refractivity contribution in [2.75, 3.05) is 32.8 Å². The Morgan fingerprint density at radius 2 is 1.64 bits per heavy atom. The molecule has 0 spiro atoms. The van der Waals surface area contributed by atoms with Crippen LogP contribution in [0.3, 0.4) is 0 Å². The maximum Gasteiger partial charge on any atom is 0.416 e. The number of alkyl halides is 3. The van der Waals surface area contributed by atoms with Gasteiger partial charge in [0, 0.05) is 31.1 Å². The number of carbonyl (C=O) groups is 2. The van der Waals surface area contributed by atoms with Crippen molar-refractivity contribution in [1.29, 1.82) is 0 Å². The second-order valence-corrected chi connectivity index (χ2v) is 8.16. The molecule has 2 aliphatic heterocycles. The molecule has 0 unspecified atom stereocenters. The minimum absolute atomic E-state index is 0.0471. The lowest BCUT2D eigenvalue weighted by Gasteiger charge is -2.31. The summed E-state index contributed by atoms with van der Waals surface area (Å²) in [5.41, 5.74) is 0.465. The van der Waals surface area contributed by atoms with Crippen molar-refractivity contribution >= 4 is 11.8 Å². The molecule has 2 amide bonds. The lowest BCUT2D eigenvalue weighted by Crippen LogP contribution is -2.43. The first kappa shape index (κ1) is 22.9. The largest absolute Gasteiger partial charge is 0.486 e. The molecule has 0 aliphatic carbocycles. The van der Waals surface area contributed by atoms with Crippen LogP contribution in [0, 0.1) is 5.92 Å². The van der Waals surface area contributed by atoms with E-state index in [-0.39, 0.29) is 23.3 Å². The maximum atomic E-state index is 12.7. The molecule has 176 valence electrons. The predicted molar refractivity (Wildman–Crippen MR) is 114 cm³/mol. The summed E-state index contributed by atoms with van der Waals surface area (Å²) in [5, 5.41) is 2.96. The fourth-order valence-corrected chi connectivity index (χ4v) is 4.05. The summed E-state index contributed by atoms with van der Waals surface area (Å²) >= 11 is 0. The normalized spacial score (nSPS) is 16.4. The monoisotopic (exact) mass is 462 g/mol. The molecule has 6 nitrogen and oxygen atoms in total. The Morgan fingerprint density at radius 3 is 2.30 bits per heavy atom. The predicted octanol–water partition coefficient (Wildman–Crippen LogP) is 3.69. The van der Waals surface area contributed by atoms with E-state index in [1.54, 1.807) is 4.90 Å². The molecule has 2 aromatic rings. The molecule has 2 heterocycles. The summed E-state index contributed by atoms with van der Waals surface area (Å²) in [7, 11) is 0. The van der Waals surface area contributed by atoms with Crippen LogP contribution < -0.4 is 14.8 Å². The number of amides is 2. The van der Waals surface area contributed by atoms with Gasteiger partial charge in [-0.1, -0.05) is 6.07 Å². The molecule has 1 saturated heterocycles. The van der Waals surface area contributed by atoms with E-state index in [2.05, 4.69) is 5.32 Å². The number of hydrogen-bond donors (Lipinski definition) is 1. The Balaban J connectivity index is 1.22. The van der Waals surface area contributed by atoms with E-state index in [4.69, 9.17) is 9.47 Å². The zero-order valence-corrected chi connectivity index (χ0v) is 18.0. The van der Waals surface area contributed by atoms with Gasteiger partial charge in [0.2, 0.25) is 5.91 Å². The molecule has 1 N–H and O–H groups in total. The second-order valence-electron chi connectivity index (χ2n) is 8.16. The third-order valence-electron chi connectivity index (χ3n) is 5.93. The Kier molecular flexibility index (Phi) is 6.76. The smallest absolute Gasteiger partial charge is 0.416 e. The van der Waals surface area contributed by atoms with E-state index in [1.807, 2.05) is 18.2 Å². The molecule has 0 saturated carbocycles. The highest BCUT2D eigenvalue weighted by atomic mass is 19.4. The van der Waals surface area contributed by atoms with Crippen LogP contribution in [0.25, 0.3) is 0 Å². The molecular weight excluding hydrogens is 437 g/mol. The van der Waals surface area contributed by atoms with Crippen LogP contribution >= 0.6 is 0 Å². The summed E-state index contributed by atoms with van der Waals surface area (Å²) in [4.78, 5) is 26.7. The second kappa shape index (κ2) is 9.72. The van der Waals surface area contributed by atoms with Gasteiger partial charge in [-0.3, -0.25) is 9.59 Å². The highest BCUT2D eigenvalue weighted by molar-refractivity contribution is 5.94. The quantitative estimate of drug-likeness (QED) is 0.736. The standard InChI is InChI=1S/C24H25F3N2O4/c25-24(26,27)19-4-2-18(3-5-19)23(31)29-11-8-17(9-12-29)22(30)28-10-7-16-1-6-20-21(15-16)33-14-13-32-20/h1-6,15,17H,7-14H2,(H,28,30). The van der Waals surface area contributed by atoms with E-state index in [9.17, 15) is 22.8 Å². The lowest BCUT2D eigenvalue weighted by atomic mass is 9.95. The number of benzene rings is 2. The summed E-state index contributed by atoms with van der Waals surface area (Å²) in [6, 6.07) is 9.96. The SMILES string of the molecule is O=C(NCCc1ccc2c(c1)OCCO2)C1CCN(C(=O)c2ccc(C(F)(F)F)cc2)CC1. The van der Waals surface area contributed by atoms with Gasteiger partial charge >= 0.3 is 6.18 Å². The molecule has 9 heteroatoms. The van der Waals surface area contributed by atoms with Gasteiger partial charge in [-0.15, -0.1) is 0 Å². The number of carbonyl (C=O) groups excluding carboxylic acids is 2. The Hall–Kier alpha value is -3.23. The zero-order chi connectivity index (χ0) is 23.4. The van der Waals surface area contributed by atoms with Crippen molar-refractivity contribution in [3.8, 4) is 11.5 Å². The van der Waals surface area contributed by atoms with Crippen LogP contribution in [-0.4, -0.2) is 49.6 Å². The first-order valence-electron chi connectivity index (χ1n) is 10.9. The van der Waals surface area contributed by atoms with Crippen molar-refractivity contribution in [2.24, 2.45) is 5.92 Å². The average Bonchev–Trinajstić information content (AvgIpc) is 2.83. The number of nitrogens with one attached hydrogen (secondary N) is 1. The minimum atomic E-state index is -4.44. The Bertz CT molecular complexity index is 1000. The zero-order valence-electron chi connectivity index (χ0n) is 18.0. The van der Waals surface area contributed by atoms with E-state index < -0.39 is 11.7 Å². The van der Waals surface area contributed by atoms with Gasteiger partial charge in [0.1, 0.15) is 13.2 Å². The number of nitrogens with zero attached hydrogens (tertiary/aromatic N) is 1. The topological polar surface area (TPSA) is 67.9 Å². The van der Waals surface area contributed by atoms with Crippen LogP contribution in [0.2, 0.25) is 0 Å². The Morgan fingerprint density at radius 1 is 0.970 bits per heavy atom. The number of hydrogen-bond acceptors (Lipinski definition) is 4. The van der Waals surface area contributed by atoms with E-state index >= 15 is 0 Å². The minimum Gasteiger partial charge on any atom is -0.486 e. The molecule has 2 aliphatic rings. The van der Waals surface area contributed by atoms with Crippen molar-refractivity contribution < 1.29 is 32.2 Å². The molecule has 0 atom stereocenters. The molecule has 0 bridgehead atoms. The third kappa shape index (κ3) is 5.58. The summed E-state index contributed by atoms with van der Waals surface area (Å²) in [6.07, 6.45) is -2.74. The van der Waals surface area contributed by atoms with Crippen LogP contribution in [-0.2, 0) is 17.4 Å². The van der Waals surface area contributed by atoms with Crippen LogP contribution in [0.4, 0.5) is 13.2 Å². The number of rotatable bonds is 5. The highest BCUT2D eigenvalue weighted by Crippen LogP contribution is 2.31. The van der Waals surface area contributed by atoms with Crippen LogP contribution in [0.1, 0.15) is 34.3 Å². The van der Waals surface area contributed by atoms with Gasteiger partial charge in [0.25, 0.3) is 5.91 Å². The number of likely N-dealkylation sites (tertiary alicyclic amines) is 1. The molecule has 0 radical (unpaired) electrons. The molecule has 2 aromatic carbocycles. The fraction of sp³-hybridized carbons (Fsp3) is 0.417. The fourth-order valence-electron chi connectivity index (χ4n) is 4.05. The van der Waals surface area contributed by atoms with Crippen LogP contribution in [0.5, 0.6) is 11.5 Å².